The number of aromatic nitrogens is 3. The Morgan fingerprint density at radius 2 is 2.12 bits per heavy atom. The molecule has 3 heterocycles. The van der Waals surface area contributed by atoms with Gasteiger partial charge in [0.25, 0.3) is 5.91 Å². The lowest BCUT2D eigenvalue weighted by molar-refractivity contribution is 0.0946. The normalized spacial score (nSPS) is 13.3. The molecule has 0 saturated carbocycles. The van der Waals surface area contributed by atoms with E-state index < -0.39 is 5.82 Å². The summed E-state index contributed by atoms with van der Waals surface area (Å²) >= 11 is 0. The fraction of sp³-hybridized carbons (Fsp3) is 0.167. The maximum absolute atomic E-state index is 13.6. The summed E-state index contributed by atoms with van der Waals surface area (Å²) in [6.07, 6.45) is 2.39. The molecule has 25 heavy (non-hydrogen) atoms. The minimum atomic E-state index is -0.439. The number of aromatic amines is 1. The van der Waals surface area contributed by atoms with Crippen molar-refractivity contribution < 1.29 is 13.9 Å². The summed E-state index contributed by atoms with van der Waals surface area (Å²) in [5.74, 6) is 0.0677. The number of benzene rings is 1. The summed E-state index contributed by atoms with van der Waals surface area (Å²) < 4.78 is 18.6. The predicted octanol–water partition coefficient (Wildman–Crippen LogP) is 2.57. The molecule has 3 aromatic rings. The number of fused-ring (bicyclic) bond motifs is 1. The fourth-order valence-electron chi connectivity index (χ4n) is 2.88. The fourth-order valence-corrected chi connectivity index (χ4v) is 2.88. The lowest BCUT2D eigenvalue weighted by Crippen LogP contribution is -2.31. The summed E-state index contributed by atoms with van der Waals surface area (Å²) in [6.45, 7) is 0.621. The Hall–Kier alpha value is -3.22. The highest BCUT2D eigenvalue weighted by molar-refractivity contribution is 5.97. The highest BCUT2D eigenvalue weighted by Crippen LogP contribution is 2.27. The van der Waals surface area contributed by atoms with Gasteiger partial charge >= 0.3 is 0 Å². The topological polar surface area (TPSA) is 79.9 Å². The Balaban J connectivity index is 1.74. The largest absolute Gasteiger partial charge is 0.494 e. The molecule has 2 N–H and O–H groups in total. The van der Waals surface area contributed by atoms with Gasteiger partial charge in [-0.2, -0.15) is 0 Å². The molecule has 1 aromatic carbocycles. The van der Waals surface area contributed by atoms with Crippen LogP contribution in [0.3, 0.4) is 0 Å². The third kappa shape index (κ3) is 2.73. The van der Waals surface area contributed by atoms with Crippen LogP contribution in [-0.4, -0.2) is 34.5 Å². The second-order valence-corrected chi connectivity index (χ2v) is 5.70. The standard InChI is InChI=1S/C18H15FN4O2/c1-25-16-8-10(2-3-12(16)19)17-20-6-5-14(23-17)15-9-11-13(22-15)4-7-21-18(11)24/h2-3,5-6,8-9,22H,4,7H2,1H3,(H,21,24). The van der Waals surface area contributed by atoms with Gasteiger partial charge in [0.1, 0.15) is 0 Å². The molecule has 6 nitrogen and oxygen atoms in total. The van der Waals surface area contributed by atoms with Gasteiger partial charge in [0.15, 0.2) is 17.4 Å². The van der Waals surface area contributed by atoms with Crippen molar-refractivity contribution in [3.05, 3.63) is 53.6 Å². The van der Waals surface area contributed by atoms with Crippen LogP contribution < -0.4 is 10.1 Å². The smallest absolute Gasteiger partial charge is 0.253 e. The molecular weight excluding hydrogens is 323 g/mol. The monoisotopic (exact) mass is 338 g/mol. The number of halogens is 1. The molecule has 0 fully saturated rings. The zero-order valence-electron chi connectivity index (χ0n) is 13.5. The Bertz CT molecular complexity index is 967. The van der Waals surface area contributed by atoms with Gasteiger partial charge in [0, 0.05) is 30.4 Å². The molecule has 126 valence electrons. The lowest BCUT2D eigenvalue weighted by atomic mass is 10.1. The number of carbonyl (C=O) groups is 1. The highest BCUT2D eigenvalue weighted by Gasteiger charge is 2.20. The zero-order chi connectivity index (χ0) is 17.4. The average molecular weight is 338 g/mol. The van der Waals surface area contributed by atoms with E-state index in [4.69, 9.17) is 4.74 Å². The van der Waals surface area contributed by atoms with Crippen molar-refractivity contribution in [3.8, 4) is 28.5 Å². The zero-order valence-corrected chi connectivity index (χ0v) is 13.5. The Morgan fingerprint density at radius 1 is 1.24 bits per heavy atom. The maximum Gasteiger partial charge on any atom is 0.253 e. The second-order valence-electron chi connectivity index (χ2n) is 5.70. The molecule has 0 bridgehead atoms. The van der Waals surface area contributed by atoms with Gasteiger partial charge in [0.05, 0.1) is 24.1 Å². The van der Waals surface area contributed by atoms with Crippen molar-refractivity contribution in [2.24, 2.45) is 0 Å². The van der Waals surface area contributed by atoms with E-state index in [0.29, 0.717) is 29.2 Å². The van der Waals surface area contributed by atoms with E-state index >= 15 is 0 Å². The van der Waals surface area contributed by atoms with Gasteiger partial charge < -0.3 is 15.0 Å². The van der Waals surface area contributed by atoms with E-state index in [1.807, 2.05) is 0 Å². The third-order valence-electron chi connectivity index (χ3n) is 4.15. The first-order valence-electron chi connectivity index (χ1n) is 7.83. The first kappa shape index (κ1) is 15.3. The van der Waals surface area contributed by atoms with Gasteiger partial charge in [0.2, 0.25) is 0 Å². The van der Waals surface area contributed by atoms with Crippen molar-refractivity contribution in [1.29, 1.82) is 0 Å². The number of carbonyl (C=O) groups excluding carboxylic acids is 1. The molecule has 0 unspecified atom stereocenters. The van der Waals surface area contributed by atoms with Crippen molar-refractivity contribution in [1.82, 2.24) is 20.3 Å². The van der Waals surface area contributed by atoms with Crippen molar-refractivity contribution in [3.63, 3.8) is 0 Å². The van der Waals surface area contributed by atoms with Gasteiger partial charge in [-0.15, -0.1) is 0 Å². The molecule has 1 amide bonds. The minimum absolute atomic E-state index is 0.0821. The van der Waals surface area contributed by atoms with Crippen LogP contribution in [0, 0.1) is 5.82 Å². The van der Waals surface area contributed by atoms with E-state index in [1.54, 1.807) is 30.5 Å². The lowest BCUT2D eigenvalue weighted by Gasteiger charge is -2.10. The number of H-pyrrole nitrogens is 1. The van der Waals surface area contributed by atoms with E-state index in [9.17, 15) is 9.18 Å². The Labute approximate surface area is 143 Å². The molecule has 0 saturated heterocycles. The molecule has 0 aliphatic carbocycles. The van der Waals surface area contributed by atoms with Crippen molar-refractivity contribution in [2.45, 2.75) is 6.42 Å². The van der Waals surface area contributed by atoms with Crippen LogP contribution in [0.4, 0.5) is 4.39 Å². The number of methoxy groups -OCH3 is 1. The van der Waals surface area contributed by atoms with Gasteiger partial charge in [-0.25, -0.2) is 14.4 Å². The van der Waals surface area contributed by atoms with Crippen molar-refractivity contribution in [2.75, 3.05) is 13.7 Å². The summed E-state index contributed by atoms with van der Waals surface area (Å²) in [5.41, 5.74) is 3.61. The van der Waals surface area contributed by atoms with E-state index in [-0.39, 0.29) is 11.7 Å². The van der Waals surface area contributed by atoms with Crippen LogP contribution in [0.15, 0.2) is 36.5 Å². The van der Waals surface area contributed by atoms with Crippen LogP contribution in [0.2, 0.25) is 0 Å². The molecule has 0 radical (unpaired) electrons. The number of hydrogen-bond donors (Lipinski definition) is 2. The summed E-state index contributed by atoms with van der Waals surface area (Å²) in [5, 5.41) is 2.82. The van der Waals surface area contributed by atoms with Crippen LogP contribution in [0.5, 0.6) is 5.75 Å². The maximum atomic E-state index is 13.6. The highest BCUT2D eigenvalue weighted by atomic mass is 19.1. The van der Waals surface area contributed by atoms with Crippen molar-refractivity contribution >= 4 is 5.91 Å². The second kappa shape index (κ2) is 6.01. The van der Waals surface area contributed by atoms with E-state index in [2.05, 4.69) is 20.3 Å². The van der Waals surface area contributed by atoms with E-state index in [1.165, 1.54) is 13.2 Å². The quantitative estimate of drug-likeness (QED) is 0.769. The van der Waals surface area contributed by atoms with Crippen LogP contribution in [0.25, 0.3) is 22.8 Å². The summed E-state index contributed by atoms with van der Waals surface area (Å²) in [7, 11) is 1.41. The van der Waals surface area contributed by atoms with Crippen LogP contribution in [0.1, 0.15) is 16.1 Å². The predicted molar refractivity (Wildman–Crippen MR) is 89.8 cm³/mol. The molecule has 7 heteroatoms. The number of ether oxygens (including phenoxy) is 1. The first-order valence-corrected chi connectivity index (χ1v) is 7.83. The molecule has 2 aromatic heterocycles. The molecule has 0 atom stereocenters. The van der Waals surface area contributed by atoms with Gasteiger partial charge in [-0.05, 0) is 30.3 Å². The molecule has 1 aliphatic heterocycles. The Kier molecular flexibility index (Phi) is 3.68. The van der Waals surface area contributed by atoms with E-state index in [0.717, 1.165) is 17.8 Å². The number of nitrogens with zero attached hydrogens (tertiary/aromatic N) is 2. The summed E-state index contributed by atoms with van der Waals surface area (Å²) in [4.78, 5) is 24.0. The third-order valence-corrected chi connectivity index (χ3v) is 4.15. The molecule has 4 rings (SSSR count). The first-order chi connectivity index (χ1) is 12.2. The molecule has 1 aliphatic rings. The number of amides is 1. The SMILES string of the molecule is COc1cc(-c2nccc(-c3cc4c([nH]3)CCNC4=O)n2)ccc1F. The van der Waals surface area contributed by atoms with Gasteiger partial charge in [-0.3, -0.25) is 4.79 Å². The molecular formula is C18H15FN4O2. The minimum Gasteiger partial charge on any atom is -0.494 e. The average Bonchev–Trinajstić information content (AvgIpc) is 3.08. The van der Waals surface area contributed by atoms with Crippen LogP contribution >= 0.6 is 0 Å². The summed E-state index contributed by atoms with van der Waals surface area (Å²) in [6, 6.07) is 8.04. The number of hydrogen-bond acceptors (Lipinski definition) is 4. The number of rotatable bonds is 3. The number of nitrogens with one attached hydrogen (secondary N) is 2. The van der Waals surface area contributed by atoms with Gasteiger partial charge in [-0.1, -0.05) is 0 Å². The Morgan fingerprint density at radius 3 is 2.92 bits per heavy atom. The molecule has 0 spiro atoms. The van der Waals surface area contributed by atoms with Crippen LogP contribution in [-0.2, 0) is 6.42 Å².